The molecule has 1 aromatic rings. The van der Waals surface area contributed by atoms with Crippen LogP contribution in [-0.4, -0.2) is 42.6 Å². The number of nitrogens with zero attached hydrogens (tertiary/aromatic N) is 1. The quantitative estimate of drug-likeness (QED) is 0.832. The highest BCUT2D eigenvalue weighted by molar-refractivity contribution is 5.81. The maximum atomic E-state index is 12.2. The second kappa shape index (κ2) is 7.90. The van der Waals surface area contributed by atoms with Crippen LogP contribution >= 0.6 is 0 Å². The third-order valence-electron chi connectivity index (χ3n) is 4.73. The van der Waals surface area contributed by atoms with Crippen LogP contribution < -0.4 is 11.1 Å². The third-order valence-corrected chi connectivity index (χ3v) is 4.73. The summed E-state index contributed by atoms with van der Waals surface area (Å²) >= 11 is 0. The average molecular weight is 317 g/mol. The molecule has 1 amide bonds. The minimum absolute atomic E-state index is 0.0223. The first kappa shape index (κ1) is 16.4. The number of carbonyl (C=O) groups excluding carboxylic acids is 1. The van der Waals surface area contributed by atoms with Crippen LogP contribution in [0.4, 0.5) is 0 Å². The lowest BCUT2D eigenvalue weighted by molar-refractivity contribution is -0.132. The molecule has 0 bridgehead atoms. The van der Waals surface area contributed by atoms with E-state index in [1.165, 1.54) is 31.5 Å². The Labute approximate surface area is 138 Å². The number of benzene rings is 1. The first-order valence-corrected chi connectivity index (χ1v) is 8.68. The molecule has 0 aliphatic carbocycles. The van der Waals surface area contributed by atoms with Crippen molar-refractivity contribution in [2.24, 2.45) is 5.73 Å². The molecule has 1 aromatic carbocycles. The summed E-state index contributed by atoms with van der Waals surface area (Å²) in [4.78, 5) is 14.6. The molecule has 0 saturated carbocycles. The van der Waals surface area contributed by atoms with Crippen molar-refractivity contribution in [2.45, 2.75) is 51.0 Å². The van der Waals surface area contributed by atoms with E-state index in [1.54, 1.807) is 0 Å². The maximum Gasteiger partial charge on any atom is 0.249 e. The topological polar surface area (TPSA) is 67.6 Å². The molecule has 0 unspecified atom stereocenters. The molecule has 3 N–H and O–H groups in total. The van der Waals surface area contributed by atoms with Crippen molar-refractivity contribution in [1.29, 1.82) is 0 Å². The van der Waals surface area contributed by atoms with E-state index in [1.807, 2.05) is 0 Å². The fourth-order valence-electron chi connectivity index (χ4n) is 3.41. The van der Waals surface area contributed by atoms with E-state index in [0.29, 0.717) is 13.1 Å². The first-order valence-electron chi connectivity index (χ1n) is 8.68. The monoisotopic (exact) mass is 317 g/mol. The largest absolute Gasteiger partial charge is 0.364 e. The smallest absolute Gasteiger partial charge is 0.249 e. The molecule has 0 radical (unpaired) electrons. The van der Waals surface area contributed by atoms with Gasteiger partial charge >= 0.3 is 0 Å². The van der Waals surface area contributed by atoms with Gasteiger partial charge in [0.25, 0.3) is 0 Å². The highest BCUT2D eigenvalue weighted by Crippen LogP contribution is 2.19. The molecule has 5 heteroatoms. The van der Waals surface area contributed by atoms with Crippen molar-refractivity contribution in [2.75, 3.05) is 19.6 Å². The van der Waals surface area contributed by atoms with Gasteiger partial charge in [-0.05, 0) is 49.9 Å². The maximum absolute atomic E-state index is 12.2. The van der Waals surface area contributed by atoms with Gasteiger partial charge in [-0.25, -0.2) is 0 Å². The fourth-order valence-corrected chi connectivity index (χ4v) is 3.41. The Hall–Kier alpha value is -1.43. The molecule has 126 valence electrons. The summed E-state index contributed by atoms with van der Waals surface area (Å²) in [5.74, 6) is -0.0223. The second-order valence-corrected chi connectivity index (χ2v) is 6.58. The third kappa shape index (κ3) is 4.53. The van der Waals surface area contributed by atoms with Gasteiger partial charge in [0.05, 0.1) is 6.10 Å². The number of carbonyl (C=O) groups is 1. The molecule has 23 heavy (non-hydrogen) atoms. The zero-order valence-corrected chi connectivity index (χ0v) is 13.7. The van der Waals surface area contributed by atoms with Crippen LogP contribution in [0.1, 0.15) is 36.8 Å². The molecular formula is C18H27N3O2. The van der Waals surface area contributed by atoms with Crippen molar-refractivity contribution in [3.05, 3.63) is 35.4 Å². The van der Waals surface area contributed by atoms with Gasteiger partial charge in [-0.3, -0.25) is 9.69 Å². The van der Waals surface area contributed by atoms with Crippen molar-refractivity contribution >= 4 is 5.91 Å². The van der Waals surface area contributed by atoms with Gasteiger partial charge in [0, 0.05) is 19.6 Å². The fraction of sp³-hybridized carbons (Fsp3) is 0.611. The van der Waals surface area contributed by atoms with E-state index in [4.69, 9.17) is 10.5 Å². The molecule has 2 fully saturated rings. The van der Waals surface area contributed by atoms with Crippen LogP contribution in [0.25, 0.3) is 0 Å². The SMILES string of the molecule is NC[C@H]1CC[C@@H](C(=O)NCc2cccc(CN3CCCC3)c2)O1. The van der Waals surface area contributed by atoms with Crippen LogP contribution in [0.3, 0.4) is 0 Å². The Morgan fingerprint density at radius 1 is 1.26 bits per heavy atom. The van der Waals surface area contributed by atoms with Gasteiger partial charge in [0.1, 0.15) is 6.10 Å². The number of amides is 1. The molecule has 2 aliphatic rings. The van der Waals surface area contributed by atoms with Crippen LogP contribution in [-0.2, 0) is 22.6 Å². The molecular weight excluding hydrogens is 290 g/mol. The Kier molecular flexibility index (Phi) is 5.65. The molecule has 2 saturated heterocycles. The van der Waals surface area contributed by atoms with E-state index >= 15 is 0 Å². The van der Waals surface area contributed by atoms with Crippen molar-refractivity contribution < 1.29 is 9.53 Å². The van der Waals surface area contributed by atoms with Gasteiger partial charge in [-0.15, -0.1) is 0 Å². The van der Waals surface area contributed by atoms with E-state index in [2.05, 4.69) is 34.5 Å². The van der Waals surface area contributed by atoms with Crippen molar-refractivity contribution in [3.63, 3.8) is 0 Å². The normalized spacial score (nSPS) is 24.9. The highest BCUT2D eigenvalue weighted by Gasteiger charge is 2.29. The summed E-state index contributed by atoms with van der Waals surface area (Å²) < 4.78 is 5.63. The summed E-state index contributed by atoms with van der Waals surface area (Å²) in [6.07, 6.45) is 3.95. The Morgan fingerprint density at radius 2 is 2.04 bits per heavy atom. The molecule has 2 aliphatic heterocycles. The van der Waals surface area contributed by atoms with Crippen LogP contribution in [0.2, 0.25) is 0 Å². The number of ether oxygens (including phenoxy) is 1. The Bertz CT molecular complexity index is 529. The lowest BCUT2D eigenvalue weighted by atomic mass is 10.1. The average Bonchev–Trinajstić information content (AvgIpc) is 3.24. The van der Waals surface area contributed by atoms with Crippen molar-refractivity contribution in [1.82, 2.24) is 10.2 Å². The summed E-state index contributed by atoms with van der Waals surface area (Å²) in [5, 5.41) is 2.99. The van der Waals surface area contributed by atoms with Gasteiger partial charge in [0.15, 0.2) is 0 Å². The van der Waals surface area contributed by atoms with E-state index in [0.717, 1.165) is 24.9 Å². The van der Waals surface area contributed by atoms with Gasteiger partial charge in [-0.2, -0.15) is 0 Å². The van der Waals surface area contributed by atoms with Gasteiger partial charge in [-0.1, -0.05) is 24.3 Å². The zero-order valence-electron chi connectivity index (χ0n) is 13.7. The minimum atomic E-state index is -0.337. The first-order chi connectivity index (χ1) is 11.2. The zero-order chi connectivity index (χ0) is 16.1. The number of hydrogen-bond donors (Lipinski definition) is 2. The molecule has 0 aromatic heterocycles. The summed E-state index contributed by atoms with van der Waals surface area (Å²) in [6, 6.07) is 8.49. The minimum Gasteiger partial charge on any atom is -0.364 e. The van der Waals surface area contributed by atoms with Crippen LogP contribution in [0, 0.1) is 0 Å². The molecule has 5 nitrogen and oxygen atoms in total. The summed E-state index contributed by atoms with van der Waals surface area (Å²) in [6.45, 7) is 4.44. The number of hydrogen-bond acceptors (Lipinski definition) is 4. The summed E-state index contributed by atoms with van der Waals surface area (Å²) in [5.41, 5.74) is 8.04. The molecule has 0 spiro atoms. The molecule has 2 heterocycles. The predicted octanol–water partition coefficient (Wildman–Crippen LogP) is 1.40. The predicted molar refractivity (Wildman–Crippen MR) is 89.7 cm³/mol. The van der Waals surface area contributed by atoms with Gasteiger partial charge in [0.2, 0.25) is 5.91 Å². The lowest BCUT2D eigenvalue weighted by Crippen LogP contribution is -2.35. The highest BCUT2D eigenvalue weighted by atomic mass is 16.5. The van der Waals surface area contributed by atoms with Crippen LogP contribution in [0.15, 0.2) is 24.3 Å². The van der Waals surface area contributed by atoms with Crippen LogP contribution in [0.5, 0.6) is 0 Å². The Morgan fingerprint density at radius 3 is 2.78 bits per heavy atom. The second-order valence-electron chi connectivity index (χ2n) is 6.58. The molecule has 3 rings (SSSR count). The number of nitrogens with two attached hydrogens (primary N) is 1. The standard InChI is InChI=1S/C18H27N3O2/c19-11-16-6-7-17(23-16)18(22)20-12-14-4-3-5-15(10-14)13-21-8-1-2-9-21/h3-5,10,16-17H,1-2,6-9,11-13,19H2,(H,20,22)/t16-,17+/m1/s1. The number of nitrogens with one attached hydrogen (secondary N) is 1. The number of likely N-dealkylation sites (tertiary alicyclic amines) is 1. The van der Waals surface area contributed by atoms with Gasteiger partial charge < -0.3 is 15.8 Å². The Balaban J connectivity index is 1.49. The lowest BCUT2D eigenvalue weighted by Gasteiger charge is -2.16. The molecule has 2 atom stereocenters. The number of rotatable bonds is 6. The van der Waals surface area contributed by atoms with E-state index in [9.17, 15) is 4.79 Å². The summed E-state index contributed by atoms with van der Waals surface area (Å²) in [7, 11) is 0. The van der Waals surface area contributed by atoms with Crippen molar-refractivity contribution in [3.8, 4) is 0 Å². The van der Waals surface area contributed by atoms with E-state index < -0.39 is 0 Å². The van der Waals surface area contributed by atoms with E-state index in [-0.39, 0.29) is 18.1 Å².